The molecular weight excluding hydrogens is 240 g/mol. The Morgan fingerprint density at radius 2 is 1.79 bits per heavy atom. The summed E-state index contributed by atoms with van der Waals surface area (Å²) in [7, 11) is 3.27. The Morgan fingerprint density at radius 1 is 1.05 bits per heavy atom. The van der Waals surface area contributed by atoms with Crippen molar-refractivity contribution in [3.63, 3.8) is 0 Å². The van der Waals surface area contributed by atoms with Gasteiger partial charge in [-0.2, -0.15) is 0 Å². The van der Waals surface area contributed by atoms with E-state index in [-0.39, 0.29) is 12.1 Å². The Morgan fingerprint density at radius 3 is 2.42 bits per heavy atom. The molecule has 4 heteroatoms. The van der Waals surface area contributed by atoms with Gasteiger partial charge in [0.05, 0.1) is 19.3 Å². The zero-order chi connectivity index (χ0) is 13.7. The van der Waals surface area contributed by atoms with Gasteiger partial charge >= 0.3 is 0 Å². The fourth-order valence-electron chi connectivity index (χ4n) is 2.04. The molecule has 0 bridgehead atoms. The van der Waals surface area contributed by atoms with Crippen LogP contribution in [0.25, 0.3) is 0 Å². The first-order valence-corrected chi connectivity index (χ1v) is 6.08. The number of hydrogen-bond donors (Lipinski definition) is 1. The van der Waals surface area contributed by atoms with Crippen LogP contribution >= 0.6 is 0 Å². The maximum atomic E-state index is 6.28. The summed E-state index contributed by atoms with van der Waals surface area (Å²) < 4.78 is 10.7. The number of pyridine rings is 1. The van der Waals surface area contributed by atoms with E-state index in [2.05, 4.69) is 4.98 Å². The van der Waals surface area contributed by atoms with Gasteiger partial charge in [-0.1, -0.05) is 30.3 Å². The van der Waals surface area contributed by atoms with Gasteiger partial charge in [-0.25, -0.2) is 0 Å². The van der Waals surface area contributed by atoms with Gasteiger partial charge in [-0.15, -0.1) is 0 Å². The summed E-state index contributed by atoms with van der Waals surface area (Å²) in [5.41, 5.74) is 8.21. The van der Waals surface area contributed by atoms with Crippen LogP contribution in [0.2, 0.25) is 0 Å². The zero-order valence-corrected chi connectivity index (χ0v) is 11.1. The number of hydrogen-bond acceptors (Lipinski definition) is 4. The van der Waals surface area contributed by atoms with E-state index in [0.29, 0.717) is 5.75 Å². The Bertz CT molecular complexity index is 517. The second kappa shape index (κ2) is 6.31. The highest BCUT2D eigenvalue weighted by atomic mass is 16.5. The number of aromatic nitrogens is 1. The molecule has 0 spiro atoms. The molecule has 0 amide bonds. The van der Waals surface area contributed by atoms with Gasteiger partial charge in [0.15, 0.2) is 0 Å². The molecule has 0 aliphatic carbocycles. The smallest absolute Gasteiger partial charge is 0.137 e. The Balaban J connectivity index is 2.27. The molecule has 0 aliphatic heterocycles. The Kier molecular flexibility index (Phi) is 4.49. The van der Waals surface area contributed by atoms with Crippen molar-refractivity contribution in [2.75, 3.05) is 14.2 Å². The molecule has 0 aliphatic rings. The average Bonchev–Trinajstić information content (AvgIpc) is 2.49. The fourth-order valence-corrected chi connectivity index (χ4v) is 2.04. The van der Waals surface area contributed by atoms with E-state index < -0.39 is 0 Å². The van der Waals surface area contributed by atoms with Crippen LogP contribution in [-0.4, -0.2) is 19.2 Å². The molecular formula is C15H18N2O2. The lowest BCUT2D eigenvalue weighted by molar-refractivity contribution is 0.0800. The van der Waals surface area contributed by atoms with E-state index in [4.69, 9.17) is 15.2 Å². The maximum absolute atomic E-state index is 6.28. The van der Waals surface area contributed by atoms with Gasteiger partial charge in [0.25, 0.3) is 0 Å². The lowest BCUT2D eigenvalue weighted by Gasteiger charge is -2.23. The molecule has 19 heavy (non-hydrogen) atoms. The number of nitrogens with two attached hydrogens (primary N) is 1. The average molecular weight is 258 g/mol. The summed E-state index contributed by atoms with van der Waals surface area (Å²) in [5, 5.41) is 0. The van der Waals surface area contributed by atoms with Gasteiger partial charge < -0.3 is 15.2 Å². The molecule has 2 aromatic rings. The predicted octanol–water partition coefficient (Wildman–Crippen LogP) is 2.48. The van der Waals surface area contributed by atoms with Crippen molar-refractivity contribution in [3.8, 4) is 5.75 Å². The van der Waals surface area contributed by atoms with Gasteiger partial charge in [0.1, 0.15) is 11.9 Å². The minimum atomic E-state index is -0.296. The first-order chi connectivity index (χ1) is 9.26. The number of benzene rings is 1. The molecule has 0 fully saturated rings. The van der Waals surface area contributed by atoms with Gasteiger partial charge in [0, 0.05) is 13.3 Å². The SMILES string of the molecule is COc1cncc(C(N)C(OC)c2ccccc2)c1. The monoisotopic (exact) mass is 258 g/mol. The minimum Gasteiger partial charge on any atom is -0.495 e. The molecule has 0 saturated heterocycles. The summed E-state index contributed by atoms with van der Waals surface area (Å²) in [5.74, 6) is 0.691. The normalized spacial score (nSPS) is 13.8. The lowest BCUT2D eigenvalue weighted by Crippen LogP contribution is -2.21. The summed E-state index contributed by atoms with van der Waals surface area (Å²) in [4.78, 5) is 4.13. The molecule has 2 unspecified atom stereocenters. The minimum absolute atomic E-state index is 0.213. The van der Waals surface area contributed by atoms with Gasteiger partial charge in [-0.05, 0) is 17.2 Å². The highest BCUT2D eigenvalue weighted by Crippen LogP contribution is 2.30. The quantitative estimate of drug-likeness (QED) is 0.895. The molecule has 100 valence electrons. The van der Waals surface area contributed by atoms with Crippen molar-refractivity contribution in [1.29, 1.82) is 0 Å². The van der Waals surface area contributed by atoms with Crippen LogP contribution in [0.5, 0.6) is 5.75 Å². The van der Waals surface area contributed by atoms with Crippen LogP contribution in [0.4, 0.5) is 0 Å². The molecule has 2 rings (SSSR count). The summed E-state index contributed by atoms with van der Waals surface area (Å²) >= 11 is 0. The maximum Gasteiger partial charge on any atom is 0.137 e. The fraction of sp³-hybridized carbons (Fsp3) is 0.267. The first kappa shape index (κ1) is 13.5. The molecule has 0 radical (unpaired) electrons. The number of rotatable bonds is 5. The van der Waals surface area contributed by atoms with Crippen molar-refractivity contribution in [2.24, 2.45) is 5.73 Å². The summed E-state index contributed by atoms with van der Waals surface area (Å²) in [6, 6.07) is 11.5. The van der Waals surface area contributed by atoms with E-state index in [9.17, 15) is 0 Å². The van der Waals surface area contributed by atoms with Crippen LogP contribution < -0.4 is 10.5 Å². The number of ether oxygens (including phenoxy) is 2. The van der Waals surface area contributed by atoms with Crippen molar-refractivity contribution in [1.82, 2.24) is 4.98 Å². The topological polar surface area (TPSA) is 57.4 Å². The Labute approximate surface area is 113 Å². The summed E-state index contributed by atoms with van der Waals surface area (Å²) in [6.07, 6.45) is 3.18. The van der Waals surface area contributed by atoms with Crippen LogP contribution in [-0.2, 0) is 4.74 Å². The van der Waals surface area contributed by atoms with Crippen LogP contribution in [0.3, 0.4) is 0 Å². The first-order valence-electron chi connectivity index (χ1n) is 6.08. The van der Waals surface area contributed by atoms with Gasteiger partial charge in [0.2, 0.25) is 0 Å². The van der Waals surface area contributed by atoms with Crippen LogP contribution in [0.1, 0.15) is 23.3 Å². The van der Waals surface area contributed by atoms with Crippen LogP contribution in [0.15, 0.2) is 48.8 Å². The van der Waals surface area contributed by atoms with Crippen molar-refractivity contribution in [3.05, 3.63) is 59.9 Å². The largest absolute Gasteiger partial charge is 0.495 e. The van der Waals surface area contributed by atoms with E-state index in [1.54, 1.807) is 26.6 Å². The predicted molar refractivity (Wildman–Crippen MR) is 73.9 cm³/mol. The molecule has 2 atom stereocenters. The van der Waals surface area contributed by atoms with E-state index >= 15 is 0 Å². The molecule has 1 heterocycles. The van der Waals surface area contributed by atoms with Crippen molar-refractivity contribution < 1.29 is 9.47 Å². The lowest BCUT2D eigenvalue weighted by atomic mass is 9.97. The third kappa shape index (κ3) is 3.10. The van der Waals surface area contributed by atoms with Crippen molar-refractivity contribution in [2.45, 2.75) is 12.1 Å². The van der Waals surface area contributed by atoms with Gasteiger partial charge in [-0.3, -0.25) is 4.98 Å². The zero-order valence-electron chi connectivity index (χ0n) is 11.1. The van der Waals surface area contributed by atoms with E-state index in [1.165, 1.54) is 0 Å². The third-order valence-corrected chi connectivity index (χ3v) is 3.06. The van der Waals surface area contributed by atoms with E-state index in [0.717, 1.165) is 11.1 Å². The number of methoxy groups -OCH3 is 2. The third-order valence-electron chi connectivity index (χ3n) is 3.06. The molecule has 4 nitrogen and oxygen atoms in total. The highest BCUT2D eigenvalue weighted by molar-refractivity contribution is 5.29. The summed E-state index contributed by atoms with van der Waals surface area (Å²) in [6.45, 7) is 0. The highest BCUT2D eigenvalue weighted by Gasteiger charge is 2.21. The Hall–Kier alpha value is -1.91. The number of nitrogens with zero attached hydrogens (tertiary/aromatic N) is 1. The molecule has 1 aromatic carbocycles. The molecule has 2 N–H and O–H groups in total. The standard InChI is InChI=1S/C15H18N2O2/c1-18-13-8-12(9-17-10-13)14(16)15(19-2)11-6-4-3-5-7-11/h3-10,14-15H,16H2,1-2H3. The van der Waals surface area contributed by atoms with E-state index in [1.807, 2.05) is 36.4 Å². The second-order valence-corrected chi connectivity index (χ2v) is 4.25. The second-order valence-electron chi connectivity index (χ2n) is 4.25. The molecule has 1 aromatic heterocycles. The van der Waals surface area contributed by atoms with Crippen molar-refractivity contribution >= 4 is 0 Å². The molecule has 0 saturated carbocycles. The van der Waals surface area contributed by atoms with Crippen LogP contribution in [0, 0.1) is 0 Å².